The van der Waals surface area contributed by atoms with Gasteiger partial charge < -0.3 is 9.30 Å². The fourth-order valence-electron chi connectivity index (χ4n) is 14.5. The number of hydrogen-bond acceptors (Lipinski definition) is 2. The highest BCUT2D eigenvalue weighted by Crippen LogP contribution is 2.63. The molecule has 3 aromatic heterocycles. The Bertz CT molecular complexity index is 3990. The highest BCUT2D eigenvalue weighted by atomic mass is 16.5. The van der Waals surface area contributed by atoms with E-state index >= 15 is 0 Å². The lowest BCUT2D eigenvalue weighted by atomic mass is 9.48. The number of aromatic nitrogens is 3. The van der Waals surface area contributed by atoms with Crippen molar-refractivity contribution in [1.29, 1.82) is 0 Å². The lowest BCUT2D eigenvalue weighted by molar-refractivity contribution is -0.00500. The third-order valence-corrected chi connectivity index (χ3v) is 17.9. The molecule has 6 nitrogen and oxygen atoms in total. The smallest absolute Gasteiger partial charge is 0.457 e. The molecule has 5 aliphatic rings. The molecule has 0 atom stereocenters. The summed E-state index contributed by atoms with van der Waals surface area (Å²) in [6.07, 6.45) is 10.1. The predicted octanol–water partition coefficient (Wildman–Crippen LogP) is 18.3. The van der Waals surface area contributed by atoms with Crippen LogP contribution in [-0.4, -0.2) is 20.1 Å². The van der Waals surface area contributed by atoms with Crippen LogP contribution in [0.25, 0.3) is 55.1 Å². The molecule has 0 saturated heterocycles. The van der Waals surface area contributed by atoms with Crippen LogP contribution in [0, 0.1) is 17.8 Å². The molecule has 6 heteroatoms. The highest BCUT2D eigenvalue weighted by molar-refractivity contribution is 6.12. The second-order valence-corrected chi connectivity index (χ2v) is 26.2. The Balaban J connectivity index is 0.907. The van der Waals surface area contributed by atoms with Crippen LogP contribution in [-0.2, 0) is 21.7 Å². The van der Waals surface area contributed by atoms with Crippen LogP contribution >= 0.6 is 0 Å². The van der Waals surface area contributed by atoms with Crippen molar-refractivity contribution >= 4 is 72.4 Å². The molecule has 4 saturated carbocycles. The Morgan fingerprint density at radius 2 is 1.09 bits per heavy atom. The number of rotatable bonds is 7. The summed E-state index contributed by atoms with van der Waals surface area (Å²) in [7, 11) is 0. The molecule has 7 aromatic carbocycles. The molecule has 0 radical (unpaired) electrons. The number of ether oxygens (including phenoxy) is 1. The second kappa shape index (κ2) is 16.7. The average Bonchev–Trinajstić information content (AvgIpc) is 4.25. The van der Waals surface area contributed by atoms with Crippen LogP contribution < -0.4 is 13.9 Å². The molecular weight excluding hydrogens is 927 g/mol. The van der Waals surface area contributed by atoms with Crippen LogP contribution in [0.15, 0.2) is 164 Å². The van der Waals surface area contributed by atoms with E-state index in [4.69, 9.17) is 9.72 Å². The standard InChI is InChI=1S/C70H69N5O/c1-67(2,3)47-28-29-71-65(36-47)75-62-27-24-51(74-60-21-12-10-18-55(60)56-19-11-13-22-61(56)74)38-58(62)57-26-25-54(39-64(57)75)76-53-17-14-16-50(37-53)72-43-73(52-34-48(68(4,5)6)33-49(35-52)69(7,8)9)66-59(20-15-23-63(66)72)70-40-44-30-45(41-70)32-46(31-44)42-70/h10-29,33-39,44-46H,30-32,40-42H2,1-9H3/q+2. The Hall–Kier alpha value is -7.53. The lowest BCUT2D eigenvalue weighted by Crippen LogP contribution is -2.48. The van der Waals surface area contributed by atoms with Gasteiger partial charge >= 0.3 is 11.7 Å². The van der Waals surface area contributed by atoms with Gasteiger partial charge in [0.05, 0.1) is 28.1 Å². The number of nitrogens with zero attached hydrogens (tertiary/aromatic N) is 5. The van der Waals surface area contributed by atoms with E-state index in [9.17, 15) is 0 Å². The van der Waals surface area contributed by atoms with Crippen molar-refractivity contribution < 1.29 is 4.74 Å². The Labute approximate surface area is 447 Å². The van der Waals surface area contributed by atoms with Gasteiger partial charge in [0.2, 0.25) is 11.4 Å². The second-order valence-electron chi connectivity index (χ2n) is 26.2. The van der Waals surface area contributed by atoms with E-state index in [1.54, 1.807) is 0 Å². The lowest BCUT2D eigenvalue weighted by Gasteiger charge is -2.56. The Morgan fingerprint density at radius 3 is 1.75 bits per heavy atom. The van der Waals surface area contributed by atoms with Crippen molar-refractivity contribution in [1.82, 2.24) is 23.3 Å². The first kappa shape index (κ1) is 47.0. The predicted molar refractivity (Wildman–Crippen MR) is 316 cm³/mol. The molecule has 1 aliphatic heterocycles. The zero-order valence-corrected chi connectivity index (χ0v) is 45.7. The zero-order valence-electron chi connectivity index (χ0n) is 45.7. The molecular formula is C70H69N5O+2. The van der Waals surface area contributed by atoms with Crippen LogP contribution in [0.1, 0.15) is 123 Å². The topological polar surface area (TPSA) is 38.0 Å². The SMILES string of the molecule is CC(C)(C)c1cc([N+]2=C=[N+](c3cccc(Oc4ccc5c6cc(-n7c8ccccc8c8ccccc87)ccc6n(-c6cc(C(C)(C)C)ccn6)c5c4)c3)c3cccc(C45CC6CC(CC(C6)C4)C5)c32)cc(C(C)(C)C)c1. The summed E-state index contributed by atoms with van der Waals surface area (Å²) < 4.78 is 16.5. The minimum Gasteiger partial charge on any atom is -0.457 e. The Kier molecular flexibility index (Phi) is 10.3. The maximum absolute atomic E-state index is 7.02. The van der Waals surface area contributed by atoms with Crippen molar-refractivity contribution in [2.75, 3.05) is 0 Å². The van der Waals surface area contributed by atoms with Crippen molar-refractivity contribution in [2.45, 2.75) is 122 Å². The molecule has 76 heavy (non-hydrogen) atoms. The van der Waals surface area contributed by atoms with Crippen molar-refractivity contribution in [3.8, 4) is 23.0 Å². The van der Waals surface area contributed by atoms with Crippen molar-refractivity contribution in [3.63, 3.8) is 0 Å². The van der Waals surface area contributed by atoms with E-state index < -0.39 is 0 Å². The molecule has 0 unspecified atom stereocenters. The molecule has 4 heterocycles. The van der Waals surface area contributed by atoms with Gasteiger partial charge in [-0.05, 0) is 159 Å². The molecule has 4 aliphatic carbocycles. The molecule has 10 aromatic rings. The summed E-state index contributed by atoms with van der Waals surface area (Å²) in [5, 5.41) is 4.79. The molecule has 4 fully saturated rings. The highest BCUT2D eigenvalue weighted by Gasteiger charge is 2.55. The van der Waals surface area contributed by atoms with Crippen LogP contribution in [0.5, 0.6) is 11.5 Å². The maximum atomic E-state index is 7.02. The number of hydrogen-bond donors (Lipinski definition) is 0. The number of fused-ring (bicyclic) bond motifs is 7. The van der Waals surface area contributed by atoms with Gasteiger partial charge in [-0.3, -0.25) is 4.57 Å². The summed E-state index contributed by atoms with van der Waals surface area (Å²) in [6.45, 7) is 20.8. The Morgan fingerprint density at radius 1 is 0.487 bits per heavy atom. The van der Waals surface area contributed by atoms with Gasteiger partial charge in [0.1, 0.15) is 17.3 Å². The summed E-state index contributed by atoms with van der Waals surface area (Å²) in [5.41, 5.74) is 15.8. The van der Waals surface area contributed by atoms with Crippen molar-refractivity contribution in [3.05, 3.63) is 186 Å². The first-order valence-corrected chi connectivity index (χ1v) is 27.9. The van der Waals surface area contributed by atoms with Crippen LogP contribution in [0.4, 0.5) is 22.7 Å². The number of para-hydroxylation sites is 3. The quantitative estimate of drug-likeness (QED) is 0.149. The van der Waals surface area contributed by atoms with E-state index in [1.165, 1.54) is 99.6 Å². The summed E-state index contributed by atoms with van der Waals surface area (Å²) in [5.74, 6) is 4.92. The van der Waals surface area contributed by atoms with E-state index in [2.05, 4.69) is 244 Å². The molecule has 4 bridgehead atoms. The van der Waals surface area contributed by atoms with Gasteiger partial charge in [-0.1, -0.05) is 123 Å². The van der Waals surface area contributed by atoms with Gasteiger partial charge in [-0.25, -0.2) is 4.98 Å². The molecule has 378 valence electrons. The van der Waals surface area contributed by atoms with E-state index in [0.717, 1.165) is 68.3 Å². The van der Waals surface area contributed by atoms with Crippen LogP contribution in [0.3, 0.4) is 0 Å². The number of pyridine rings is 1. The van der Waals surface area contributed by atoms with Gasteiger partial charge in [-0.2, -0.15) is 0 Å². The summed E-state index contributed by atoms with van der Waals surface area (Å²) >= 11 is 0. The molecule has 0 N–H and O–H groups in total. The van der Waals surface area contributed by atoms with E-state index in [1.807, 2.05) is 6.20 Å². The fraction of sp³-hybridized carbons (Fsp3) is 0.314. The van der Waals surface area contributed by atoms with Crippen molar-refractivity contribution in [2.24, 2.45) is 17.8 Å². The minimum atomic E-state index is -0.0522. The normalized spacial score (nSPS) is 20.2. The number of benzene rings is 7. The third-order valence-electron chi connectivity index (χ3n) is 17.9. The first-order valence-electron chi connectivity index (χ1n) is 27.9. The van der Waals surface area contributed by atoms with E-state index in [-0.39, 0.29) is 21.7 Å². The monoisotopic (exact) mass is 996 g/mol. The third kappa shape index (κ3) is 7.61. The van der Waals surface area contributed by atoms with Gasteiger partial charge in [0.25, 0.3) is 5.69 Å². The fourth-order valence-corrected chi connectivity index (χ4v) is 14.5. The van der Waals surface area contributed by atoms with E-state index in [0.29, 0.717) is 0 Å². The average molecular weight is 996 g/mol. The first-order chi connectivity index (χ1) is 36.5. The van der Waals surface area contributed by atoms with Gasteiger partial charge in [-0.15, -0.1) is 0 Å². The minimum absolute atomic E-state index is 0.0237. The largest absolute Gasteiger partial charge is 0.503 e. The van der Waals surface area contributed by atoms with Gasteiger partial charge in [0, 0.05) is 74.7 Å². The zero-order chi connectivity index (χ0) is 52.0. The molecule has 0 spiro atoms. The molecule has 0 amide bonds. The summed E-state index contributed by atoms with van der Waals surface area (Å²) in [4.78, 5) is 5.06. The maximum Gasteiger partial charge on any atom is 0.503 e. The van der Waals surface area contributed by atoms with Crippen LogP contribution in [0.2, 0.25) is 0 Å². The summed E-state index contributed by atoms with van der Waals surface area (Å²) in [6, 6.07) is 62.3. The molecule has 15 rings (SSSR count). The van der Waals surface area contributed by atoms with Gasteiger partial charge in [0.15, 0.2) is 0 Å².